The van der Waals surface area contributed by atoms with Crippen LogP contribution < -0.4 is 11.4 Å². The third-order valence-corrected chi connectivity index (χ3v) is 3.15. The van der Waals surface area contributed by atoms with Gasteiger partial charge in [-0.25, -0.2) is 4.79 Å². The van der Waals surface area contributed by atoms with E-state index < -0.39 is 0 Å². The van der Waals surface area contributed by atoms with Crippen molar-refractivity contribution in [2.45, 2.75) is 39.0 Å². The van der Waals surface area contributed by atoms with E-state index in [9.17, 15) is 4.79 Å². The lowest BCUT2D eigenvalue weighted by Crippen LogP contribution is -1.98. The molecule has 3 heteroatoms. The second kappa shape index (κ2) is 5.71. The highest BCUT2D eigenvalue weighted by molar-refractivity contribution is 5.83. The quantitative estimate of drug-likeness (QED) is 0.498. The molecule has 0 saturated heterocycles. The summed E-state index contributed by atoms with van der Waals surface area (Å²) in [6.07, 6.45) is 5.84. The molecule has 1 aromatic heterocycles. The zero-order valence-electron chi connectivity index (χ0n) is 10.7. The van der Waals surface area contributed by atoms with Crippen LogP contribution in [0.3, 0.4) is 0 Å². The van der Waals surface area contributed by atoms with E-state index in [0.717, 1.165) is 18.2 Å². The van der Waals surface area contributed by atoms with Gasteiger partial charge in [-0.05, 0) is 30.5 Å². The van der Waals surface area contributed by atoms with Crippen molar-refractivity contribution in [3.05, 3.63) is 40.2 Å². The number of nitrogens with two attached hydrogens (primary N) is 1. The Labute approximate surface area is 107 Å². The van der Waals surface area contributed by atoms with Gasteiger partial charge in [0.2, 0.25) is 0 Å². The molecule has 1 aromatic carbocycles. The number of fused-ring (bicyclic) bond motifs is 1. The first-order valence-electron chi connectivity index (χ1n) is 6.53. The smallest absolute Gasteiger partial charge is 0.336 e. The minimum atomic E-state index is -0.329. The number of hydrogen-bond acceptors (Lipinski definition) is 3. The molecular formula is C15H19NO2. The van der Waals surface area contributed by atoms with E-state index in [0.29, 0.717) is 11.3 Å². The third kappa shape index (κ3) is 2.92. The normalized spacial score (nSPS) is 10.9. The molecule has 2 N–H and O–H groups in total. The van der Waals surface area contributed by atoms with Crippen LogP contribution >= 0.6 is 0 Å². The molecule has 2 rings (SSSR count). The molecular weight excluding hydrogens is 226 g/mol. The average molecular weight is 245 g/mol. The summed E-state index contributed by atoms with van der Waals surface area (Å²) in [5.41, 5.74) is 7.93. The molecule has 0 spiro atoms. The van der Waals surface area contributed by atoms with Gasteiger partial charge in [-0.15, -0.1) is 0 Å². The molecule has 2 aromatic rings. The predicted octanol–water partition coefficient (Wildman–Crippen LogP) is 3.50. The molecule has 18 heavy (non-hydrogen) atoms. The Morgan fingerprint density at radius 1 is 1.17 bits per heavy atom. The molecule has 96 valence electrons. The van der Waals surface area contributed by atoms with Crippen molar-refractivity contribution in [2.24, 2.45) is 0 Å². The summed E-state index contributed by atoms with van der Waals surface area (Å²) in [6.45, 7) is 2.20. The minimum absolute atomic E-state index is 0.329. The molecule has 0 fully saturated rings. The van der Waals surface area contributed by atoms with Crippen LogP contribution in [0.15, 0.2) is 33.5 Å². The molecule has 1 heterocycles. The summed E-state index contributed by atoms with van der Waals surface area (Å²) in [5.74, 6) is 0. The second-order valence-corrected chi connectivity index (χ2v) is 4.66. The highest BCUT2D eigenvalue weighted by Gasteiger charge is 2.05. The average Bonchev–Trinajstić information content (AvgIpc) is 2.33. The van der Waals surface area contributed by atoms with Crippen molar-refractivity contribution >= 4 is 16.7 Å². The standard InChI is InChI=1S/C15H19NO2/c1-2-3-4-5-6-11-9-12(16)10-14-13(11)7-8-15(17)18-14/h7-10H,2-6,16H2,1H3. The Morgan fingerprint density at radius 2 is 2.00 bits per heavy atom. The summed E-state index contributed by atoms with van der Waals surface area (Å²) in [4.78, 5) is 11.2. The van der Waals surface area contributed by atoms with Gasteiger partial charge in [0.1, 0.15) is 5.58 Å². The number of unbranched alkanes of at least 4 members (excludes halogenated alkanes) is 3. The zero-order valence-corrected chi connectivity index (χ0v) is 10.7. The molecule has 0 aliphatic rings. The largest absolute Gasteiger partial charge is 0.423 e. The van der Waals surface area contributed by atoms with Crippen LogP contribution in [-0.2, 0) is 6.42 Å². The molecule has 0 bridgehead atoms. The second-order valence-electron chi connectivity index (χ2n) is 4.66. The van der Waals surface area contributed by atoms with E-state index in [-0.39, 0.29) is 5.63 Å². The lowest BCUT2D eigenvalue weighted by atomic mass is 10.0. The highest BCUT2D eigenvalue weighted by atomic mass is 16.4. The van der Waals surface area contributed by atoms with Crippen molar-refractivity contribution < 1.29 is 4.42 Å². The summed E-state index contributed by atoms with van der Waals surface area (Å²) in [7, 11) is 0. The first kappa shape index (κ1) is 12.7. The Balaban J connectivity index is 2.28. The van der Waals surface area contributed by atoms with Crippen LogP contribution in [-0.4, -0.2) is 0 Å². The molecule has 0 unspecified atom stereocenters. The van der Waals surface area contributed by atoms with Crippen molar-refractivity contribution in [1.29, 1.82) is 0 Å². The number of anilines is 1. The van der Waals surface area contributed by atoms with Crippen molar-refractivity contribution in [2.75, 3.05) is 5.73 Å². The van der Waals surface area contributed by atoms with Crippen LogP contribution in [0.25, 0.3) is 11.0 Å². The fourth-order valence-corrected chi connectivity index (χ4v) is 2.22. The van der Waals surface area contributed by atoms with E-state index in [1.807, 2.05) is 12.1 Å². The number of rotatable bonds is 5. The fourth-order valence-electron chi connectivity index (χ4n) is 2.22. The number of benzene rings is 1. The van der Waals surface area contributed by atoms with Gasteiger partial charge in [0.05, 0.1) is 0 Å². The summed E-state index contributed by atoms with van der Waals surface area (Å²) < 4.78 is 5.18. The van der Waals surface area contributed by atoms with Gasteiger partial charge < -0.3 is 10.2 Å². The van der Waals surface area contributed by atoms with E-state index in [2.05, 4.69) is 6.92 Å². The lowest BCUT2D eigenvalue weighted by molar-refractivity contribution is 0.560. The van der Waals surface area contributed by atoms with Crippen molar-refractivity contribution in [3.8, 4) is 0 Å². The number of aryl methyl sites for hydroxylation is 1. The van der Waals surface area contributed by atoms with Crippen LogP contribution in [0.2, 0.25) is 0 Å². The summed E-state index contributed by atoms with van der Waals surface area (Å²) in [6, 6.07) is 6.99. The minimum Gasteiger partial charge on any atom is -0.423 e. The van der Waals surface area contributed by atoms with E-state index >= 15 is 0 Å². The van der Waals surface area contributed by atoms with Gasteiger partial charge in [-0.3, -0.25) is 0 Å². The number of nitrogen functional groups attached to an aromatic ring is 1. The van der Waals surface area contributed by atoms with Gasteiger partial charge in [-0.2, -0.15) is 0 Å². The van der Waals surface area contributed by atoms with Gasteiger partial charge in [-0.1, -0.05) is 26.2 Å². The van der Waals surface area contributed by atoms with Gasteiger partial charge in [0, 0.05) is 23.2 Å². The Bertz CT molecular complexity index is 587. The molecule has 0 atom stereocenters. The number of hydrogen-bond donors (Lipinski definition) is 1. The monoisotopic (exact) mass is 245 g/mol. The van der Waals surface area contributed by atoms with Crippen molar-refractivity contribution in [3.63, 3.8) is 0 Å². The van der Waals surface area contributed by atoms with Gasteiger partial charge in [0.25, 0.3) is 0 Å². The van der Waals surface area contributed by atoms with E-state index in [4.69, 9.17) is 10.2 Å². The van der Waals surface area contributed by atoms with E-state index in [1.165, 1.54) is 30.9 Å². The summed E-state index contributed by atoms with van der Waals surface area (Å²) >= 11 is 0. The maximum atomic E-state index is 11.2. The lowest BCUT2D eigenvalue weighted by Gasteiger charge is -2.07. The molecule has 3 nitrogen and oxygen atoms in total. The van der Waals surface area contributed by atoms with Crippen LogP contribution in [0, 0.1) is 0 Å². The molecule has 0 aliphatic heterocycles. The molecule has 0 radical (unpaired) electrons. The molecule has 0 amide bonds. The Kier molecular flexibility index (Phi) is 4.03. The SMILES string of the molecule is CCCCCCc1cc(N)cc2oc(=O)ccc12. The highest BCUT2D eigenvalue weighted by Crippen LogP contribution is 2.23. The van der Waals surface area contributed by atoms with Crippen LogP contribution in [0.5, 0.6) is 0 Å². The summed E-state index contributed by atoms with van der Waals surface area (Å²) in [5, 5.41) is 1.00. The first-order chi connectivity index (χ1) is 8.70. The zero-order chi connectivity index (χ0) is 13.0. The maximum absolute atomic E-state index is 11.2. The van der Waals surface area contributed by atoms with Crippen LogP contribution in [0.1, 0.15) is 38.2 Å². The first-order valence-corrected chi connectivity index (χ1v) is 6.53. The molecule has 0 saturated carbocycles. The predicted molar refractivity (Wildman–Crippen MR) is 74.7 cm³/mol. The topological polar surface area (TPSA) is 56.2 Å². The Morgan fingerprint density at radius 3 is 2.78 bits per heavy atom. The van der Waals surface area contributed by atoms with Crippen LogP contribution in [0.4, 0.5) is 5.69 Å². The third-order valence-electron chi connectivity index (χ3n) is 3.15. The van der Waals surface area contributed by atoms with Gasteiger partial charge >= 0.3 is 5.63 Å². The van der Waals surface area contributed by atoms with E-state index in [1.54, 1.807) is 6.07 Å². The van der Waals surface area contributed by atoms with Gasteiger partial charge in [0.15, 0.2) is 0 Å². The maximum Gasteiger partial charge on any atom is 0.336 e. The van der Waals surface area contributed by atoms with Crippen molar-refractivity contribution in [1.82, 2.24) is 0 Å². The molecule has 0 aliphatic carbocycles. The fraction of sp³-hybridized carbons (Fsp3) is 0.400. The Hall–Kier alpha value is -1.77.